The summed E-state index contributed by atoms with van der Waals surface area (Å²) >= 11 is 0. The number of ether oxygens (including phenoxy) is 2. The maximum Gasteiger partial charge on any atom is 0.271 e. The summed E-state index contributed by atoms with van der Waals surface area (Å²) in [6.07, 6.45) is 0. The van der Waals surface area contributed by atoms with Crippen LogP contribution in [0.15, 0.2) is 48.5 Å². The molecule has 0 atom stereocenters. The van der Waals surface area contributed by atoms with Crippen LogP contribution in [0, 0.1) is 0 Å². The van der Waals surface area contributed by atoms with Gasteiger partial charge in [0.2, 0.25) is 0 Å². The van der Waals surface area contributed by atoms with Crippen LogP contribution in [0.1, 0.15) is 11.1 Å². The second kappa shape index (κ2) is 7.29. The molecule has 2 rings (SSSR count). The van der Waals surface area contributed by atoms with E-state index in [0.717, 1.165) is 0 Å². The lowest BCUT2D eigenvalue weighted by Gasteiger charge is -2.11. The Bertz CT molecular complexity index is 711. The fourth-order valence-electron chi connectivity index (χ4n) is 1.97. The van der Waals surface area contributed by atoms with Crippen LogP contribution in [0.4, 0.5) is 0 Å². The van der Waals surface area contributed by atoms with Crippen molar-refractivity contribution >= 4 is 10.1 Å². The smallest absolute Gasteiger partial charge is 0.271 e. The molecule has 0 aliphatic rings. The SMILES string of the molecule is COc1ccc(OC)c(COS(=O)(=O)Cc2ccccc2)c1. The lowest BCUT2D eigenvalue weighted by molar-refractivity contribution is 0.297. The van der Waals surface area contributed by atoms with E-state index >= 15 is 0 Å². The molecule has 0 aliphatic heterocycles. The van der Waals surface area contributed by atoms with Crippen LogP contribution < -0.4 is 9.47 Å². The van der Waals surface area contributed by atoms with Crippen molar-refractivity contribution in [2.45, 2.75) is 12.4 Å². The van der Waals surface area contributed by atoms with Gasteiger partial charge in [0.05, 0.1) is 20.8 Å². The maximum atomic E-state index is 12.0. The van der Waals surface area contributed by atoms with Crippen molar-refractivity contribution in [1.29, 1.82) is 0 Å². The van der Waals surface area contributed by atoms with Crippen LogP contribution in [-0.4, -0.2) is 22.6 Å². The third-order valence-electron chi connectivity index (χ3n) is 3.07. The fourth-order valence-corrected chi connectivity index (χ4v) is 2.96. The molecule has 0 bridgehead atoms. The molecule has 0 radical (unpaired) electrons. The first-order chi connectivity index (χ1) is 10.5. The molecule has 0 spiro atoms. The summed E-state index contributed by atoms with van der Waals surface area (Å²) in [5.41, 5.74) is 1.29. The molecule has 0 N–H and O–H groups in total. The number of benzene rings is 2. The highest BCUT2D eigenvalue weighted by atomic mass is 32.2. The van der Waals surface area contributed by atoms with Gasteiger partial charge in [0.25, 0.3) is 10.1 Å². The summed E-state index contributed by atoms with van der Waals surface area (Å²) in [6.45, 7) is -0.102. The summed E-state index contributed by atoms with van der Waals surface area (Å²) in [6, 6.07) is 14.0. The van der Waals surface area contributed by atoms with Gasteiger partial charge in [-0.25, -0.2) is 0 Å². The average Bonchev–Trinajstić information content (AvgIpc) is 2.53. The normalized spacial score (nSPS) is 11.2. The summed E-state index contributed by atoms with van der Waals surface area (Å²) in [7, 11) is -0.616. The molecule has 6 heteroatoms. The van der Waals surface area contributed by atoms with Crippen LogP contribution in [0.3, 0.4) is 0 Å². The van der Waals surface area contributed by atoms with E-state index in [1.807, 2.05) is 6.07 Å². The van der Waals surface area contributed by atoms with Crippen LogP contribution in [0.2, 0.25) is 0 Å². The molecule has 0 saturated heterocycles. The van der Waals surface area contributed by atoms with Crippen molar-refractivity contribution in [2.24, 2.45) is 0 Å². The zero-order valence-corrected chi connectivity index (χ0v) is 13.3. The topological polar surface area (TPSA) is 61.8 Å². The molecular weight excluding hydrogens is 304 g/mol. The van der Waals surface area contributed by atoms with Crippen molar-refractivity contribution in [3.05, 3.63) is 59.7 Å². The standard InChI is InChI=1S/C16H18O5S/c1-19-15-8-9-16(20-2)14(10-15)11-21-22(17,18)12-13-6-4-3-5-7-13/h3-10H,11-12H2,1-2H3. The minimum Gasteiger partial charge on any atom is -0.497 e. The molecular formula is C16H18O5S. The van der Waals surface area contributed by atoms with Crippen molar-refractivity contribution in [1.82, 2.24) is 0 Å². The van der Waals surface area contributed by atoms with E-state index in [-0.39, 0.29) is 12.4 Å². The van der Waals surface area contributed by atoms with Crippen molar-refractivity contribution in [3.63, 3.8) is 0 Å². The first-order valence-corrected chi connectivity index (χ1v) is 8.24. The van der Waals surface area contributed by atoms with Gasteiger partial charge in [-0.3, -0.25) is 4.18 Å². The maximum absolute atomic E-state index is 12.0. The highest BCUT2D eigenvalue weighted by molar-refractivity contribution is 7.85. The van der Waals surface area contributed by atoms with Crippen molar-refractivity contribution in [2.75, 3.05) is 14.2 Å². The molecule has 2 aromatic rings. The van der Waals surface area contributed by atoms with Gasteiger partial charge in [-0.2, -0.15) is 8.42 Å². The molecule has 0 amide bonds. The summed E-state index contributed by atoms with van der Waals surface area (Å²) in [4.78, 5) is 0. The highest BCUT2D eigenvalue weighted by Gasteiger charge is 2.15. The number of hydrogen-bond donors (Lipinski definition) is 0. The zero-order chi connectivity index (χ0) is 16.0. The third-order valence-corrected chi connectivity index (χ3v) is 4.23. The summed E-state index contributed by atoms with van der Waals surface area (Å²) in [5, 5.41) is 0. The Labute approximate surface area is 130 Å². The van der Waals surface area contributed by atoms with Gasteiger partial charge in [-0.15, -0.1) is 0 Å². The molecule has 0 aromatic heterocycles. The van der Waals surface area contributed by atoms with Gasteiger partial charge >= 0.3 is 0 Å². The summed E-state index contributed by atoms with van der Waals surface area (Å²) in [5.74, 6) is 0.996. The fraction of sp³-hybridized carbons (Fsp3) is 0.250. The largest absolute Gasteiger partial charge is 0.497 e. The van der Waals surface area contributed by atoms with Crippen molar-refractivity contribution < 1.29 is 22.1 Å². The second-order valence-electron chi connectivity index (χ2n) is 4.63. The van der Waals surface area contributed by atoms with Gasteiger partial charge in [0.15, 0.2) is 0 Å². The summed E-state index contributed by atoms with van der Waals surface area (Å²) < 4.78 is 39.5. The van der Waals surface area contributed by atoms with Crippen LogP contribution in [-0.2, 0) is 26.7 Å². The monoisotopic (exact) mass is 322 g/mol. The molecule has 22 heavy (non-hydrogen) atoms. The van der Waals surface area contributed by atoms with E-state index in [9.17, 15) is 8.42 Å². The highest BCUT2D eigenvalue weighted by Crippen LogP contribution is 2.25. The van der Waals surface area contributed by atoms with Gasteiger partial charge < -0.3 is 9.47 Å². The molecule has 2 aromatic carbocycles. The minimum absolute atomic E-state index is 0.102. The quantitative estimate of drug-likeness (QED) is 0.734. The average molecular weight is 322 g/mol. The Hall–Kier alpha value is -2.05. The van der Waals surface area contributed by atoms with E-state index in [2.05, 4.69) is 0 Å². The lowest BCUT2D eigenvalue weighted by Crippen LogP contribution is -2.09. The molecule has 5 nitrogen and oxygen atoms in total. The minimum atomic E-state index is -3.67. The van der Waals surface area contributed by atoms with Gasteiger partial charge in [-0.1, -0.05) is 30.3 Å². The molecule has 0 aliphatic carbocycles. The Balaban J connectivity index is 2.08. The number of hydrogen-bond acceptors (Lipinski definition) is 5. The zero-order valence-electron chi connectivity index (χ0n) is 12.5. The number of rotatable bonds is 7. The molecule has 0 fully saturated rings. The third kappa shape index (κ3) is 4.47. The van der Waals surface area contributed by atoms with Crippen molar-refractivity contribution in [3.8, 4) is 11.5 Å². The second-order valence-corrected chi connectivity index (χ2v) is 6.27. The van der Waals surface area contributed by atoms with E-state index < -0.39 is 10.1 Å². The van der Waals surface area contributed by atoms with Crippen LogP contribution >= 0.6 is 0 Å². The molecule has 118 valence electrons. The number of methoxy groups -OCH3 is 2. The molecule has 0 unspecified atom stereocenters. The Morgan fingerprint density at radius 1 is 0.955 bits per heavy atom. The predicted molar refractivity (Wildman–Crippen MR) is 83.4 cm³/mol. The Morgan fingerprint density at radius 3 is 2.32 bits per heavy atom. The molecule has 0 heterocycles. The Morgan fingerprint density at radius 2 is 1.68 bits per heavy atom. The van der Waals surface area contributed by atoms with Gasteiger partial charge in [0, 0.05) is 5.56 Å². The molecule has 0 saturated carbocycles. The van der Waals surface area contributed by atoms with Gasteiger partial charge in [0.1, 0.15) is 17.3 Å². The van der Waals surface area contributed by atoms with E-state index in [1.165, 1.54) is 7.11 Å². The predicted octanol–water partition coefficient (Wildman–Crippen LogP) is 2.75. The van der Waals surface area contributed by atoms with E-state index in [0.29, 0.717) is 22.6 Å². The Kier molecular flexibility index (Phi) is 5.41. The lowest BCUT2D eigenvalue weighted by atomic mass is 10.2. The van der Waals surface area contributed by atoms with Crippen LogP contribution in [0.5, 0.6) is 11.5 Å². The van der Waals surface area contributed by atoms with Crippen LogP contribution in [0.25, 0.3) is 0 Å². The van der Waals surface area contributed by atoms with E-state index in [4.69, 9.17) is 13.7 Å². The first kappa shape index (κ1) is 16.3. The van der Waals surface area contributed by atoms with Gasteiger partial charge in [-0.05, 0) is 23.8 Å². The van der Waals surface area contributed by atoms with E-state index in [1.54, 1.807) is 49.6 Å². The first-order valence-electron chi connectivity index (χ1n) is 6.66.